The third-order valence-electron chi connectivity index (χ3n) is 4.97. The van der Waals surface area contributed by atoms with Gasteiger partial charge in [-0.1, -0.05) is 29.8 Å². The van der Waals surface area contributed by atoms with Crippen molar-refractivity contribution < 1.29 is 34.4 Å². The van der Waals surface area contributed by atoms with Crippen molar-refractivity contribution in [2.45, 2.75) is 31.3 Å². The van der Waals surface area contributed by atoms with E-state index in [0.717, 1.165) is 5.56 Å². The van der Waals surface area contributed by atoms with E-state index in [-0.39, 0.29) is 76.7 Å². The summed E-state index contributed by atoms with van der Waals surface area (Å²) in [7, 11) is 0. The molecule has 4 N–H and O–H groups in total. The van der Waals surface area contributed by atoms with Gasteiger partial charge in [-0.25, -0.2) is 0 Å². The first kappa shape index (κ1) is 30.5. The Morgan fingerprint density at radius 2 is 1.67 bits per heavy atom. The van der Waals surface area contributed by atoms with Crippen LogP contribution in [0, 0.1) is 0 Å². The molecule has 0 fully saturated rings. The normalized spacial score (nSPS) is 15.1. The quantitative estimate of drug-likeness (QED) is 0.276. The molecular formula is C22H24ClNNa2O7. The summed E-state index contributed by atoms with van der Waals surface area (Å²) >= 11 is 5.96. The first-order chi connectivity index (χ1) is 14.8. The number of hydrogen-bond acceptors (Lipinski definition) is 8. The van der Waals surface area contributed by atoms with E-state index in [1.165, 1.54) is 0 Å². The van der Waals surface area contributed by atoms with Crippen LogP contribution in [-0.2, 0) is 16.0 Å². The first-order valence-electron chi connectivity index (χ1n) is 9.75. The molecule has 0 bridgehead atoms. The first-order valence-corrected chi connectivity index (χ1v) is 10.1. The smallest absolute Gasteiger partial charge is 0.378 e. The average Bonchev–Trinajstić information content (AvgIpc) is 3.16. The van der Waals surface area contributed by atoms with Gasteiger partial charge in [0.2, 0.25) is 11.6 Å². The molecule has 33 heavy (non-hydrogen) atoms. The SMILES string of the molecule is CC(Cc1ccc2c(c1)OC(C(=O)CO)(C(=O)CO)O2)NCC(O)c1cccc(Cl)c1.[Na].[Na]. The molecule has 168 valence electrons. The minimum absolute atomic E-state index is 0. The molecule has 0 saturated carbocycles. The zero-order chi connectivity index (χ0) is 22.6. The molecule has 0 amide bonds. The minimum atomic E-state index is -2.37. The van der Waals surface area contributed by atoms with Gasteiger partial charge < -0.3 is 30.1 Å². The van der Waals surface area contributed by atoms with Gasteiger partial charge in [0.15, 0.2) is 11.5 Å². The topological polar surface area (TPSA) is 125 Å². The molecule has 0 saturated heterocycles. The van der Waals surface area contributed by atoms with Crippen LogP contribution in [0.1, 0.15) is 24.2 Å². The predicted molar refractivity (Wildman–Crippen MR) is 124 cm³/mol. The summed E-state index contributed by atoms with van der Waals surface area (Å²) in [4.78, 5) is 24.2. The van der Waals surface area contributed by atoms with Crippen LogP contribution >= 0.6 is 11.6 Å². The van der Waals surface area contributed by atoms with Crippen molar-refractivity contribution in [3.8, 4) is 11.5 Å². The predicted octanol–water partition coefficient (Wildman–Crippen LogP) is 0.423. The van der Waals surface area contributed by atoms with E-state index in [9.17, 15) is 24.9 Å². The fourth-order valence-electron chi connectivity index (χ4n) is 3.34. The molecule has 2 aromatic rings. The third-order valence-corrected chi connectivity index (χ3v) is 5.21. The molecule has 1 aliphatic heterocycles. The van der Waals surface area contributed by atoms with Crippen LogP contribution in [0.3, 0.4) is 0 Å². The largest absolute Gasteiger partial charge is 0.436 e. The summed E-state index contributed by atoms with van der Waals surface area (Å²) in [6.07, 6.45) is -0.152. The van der Waals surface area contributed by atoms with E-state index in [1.807, 2.05) is 6.92 Å². The number of halogens is 1. The van der Waals surface area contributed by atoms with E-state index in [1.54, 1.807) is 42.5 Å². The maximum absolute atomic E-state index is 12.1. The Balaban J connectivity index is 0.00000272. The second-order valence-corrected chi connectivity index (χ2v) is 7.79. The van der Waals surface area contributed by atoms with Gasteiger partial charge in [-0.2, -0.15) is 0 Å². The Kier molecular flexibility index (Phi) is 12.5. The van der Waals surface area contributed by atoms with Crippen LogP contribution in [0.2, 0.25) is 5.02 Å². The molecule has 8 nitrogen and oxygen atoms in total. The summed E-state index contributed by atoms with van der Waals surface area (Å²) in [6.45, 7) is 0.334. The molecule has 1 heterocycles. The van der Waals surface area contributed by atoms with Crippen molar-refractivity contribution in [1.82, 2.24) is 5.32 Å². The molecule has 2 radical (unpaired) electrons. The Morgan fingerprint density at radius 3 is 2.27 bits per heavy atom. The monoisotopic (exact) mass is 495 g/mol. The molecule has 11 heteroatoms. The van der Waals surface area contributed by atoms with Crippen LogP contribution < -0.4 is 14.8 Å². The Morgan fingerprint density at radius 1 is 1.03 bits per heavy atom. The van der Waals surface area contributed by atoms with Gasteiger partial charge in [-0.05, 0) is 48.7 Å². The van der Waals surface area contributed by atoms with E-state index in [2.05, 4.69) is 5.32 Å². The zero-order valence-corrected chi connectivity index (χ0v) is 23.6. The molecule has 1 aliphatic rings. The maximum atomic E-state index is 12.1. The van der Waals surface area contributed by atoms with Crippen LogP contribution in [0.15, 0.2) is 42.5 Å². The van der Waals surface area contributed by atoms with Crippen molar-refractivity contribution in [2.24, 2.45) is 0 Å². The van der Waals surface area contributed by atoms with Gasteiger partial charge in [-0.3, -0.25) is 9.59 Å². The molecule has 2 atom stereocenters. The van der Waals surface area contributed by atoms with Crippen LogP contribution in [0.4, 0.5) is 0 Å². The summed E-state index contributed by atoms with van der Waals surface area (Å²) in [5.41, 5.74) is 1.55. The van der Waals surface area contributed by atoms with Gasteiger partial charge in [0.25, 0.3) is 0 Å². The number of fused-ring (bicyclic) bond motifs is 1. The number of rotatable bonds is 10. The average molecular weight is 496 g/mol. The number of aliphatic hydroxyl groups excluding tert-OH is 3. The van der Waals surface area contributed by atoms with Crippen molar-refractivity contribution >= 4 is 82.3 Å². The van der Waals surface area contributed by atoms with Crippen molar-refractivity contribution in [3.05, 3.63) is 58.6 Å². The third kappa shape index (κ3) is 7.25. The van der Waals surface area contributed by atoms with Crippen LogP contribution in [0.5, 0.6) is 11.5 Å². The standard InChI is InChI=1S/C22H24ClNO7.2Na/c1-13(24-10-17(27)15-3-2-4-16(23)9-15)7-14-5-6-18-19(8-14)31-22(30-18,20(28)11-25)21(29)12-26;;/h2-6,8-9,13,17,24-27H,7,10-12H2,1H3;;. The number of hydrogen-bond donors (Lipinski definition) is 4. The fourth-order valence-corrected chi connectivity index (χ4v) is 3.53. The number of aliphatic hydroxyl groups is 3. The van der Waals surface area contributed by atoms with Crippen LogP contribution in [-0.4, -0.2) is 118 Å². The Labute approximate surface area is 241 Å². The summed E-state index contributed by atoms with van der Waals surface area (Å²) in [5.74, 6) is -4.00. The number of nitrogens with one attached hydrogen (secondary N) is 1. The van der Waals surface area contributed by atoms with E-state index >= 15 is 0 Å². The summed E-state index contributed by atoms with van der Waals surface area (Å²) in [6, 6.07) is 12.0. The number of carbonyl (C=O) groups is 2. The number of benzene rings is 2. The molecule has 0 aromatic heterocycles. The fraction of sp³-hybridized carbons (Fsp3) is 0.364. The molecule has 3 rings (SSSR count). The van der Waals surface area contributed by atoms with E-state index in [4.69, 9.17) is 21.1 Å². The number of ketones is 2. The van der Waals surface area contributed by atoms with Crippen molar-refractivity contribution in [3.63, 3.8) is 0 Å². The van der Waals surface area contributed by atoms with Crippen molar-refractivity contribution in [1.29, 1.82) is 0 Å². The molecule has 0 spiro atoms. The molecule has 2 unspecified atom stereocenters. The Hall–Kier alpha value is -0.490. The van der Waals surface area contributed by atoms with E-state index < -0.39 is 36.7 Å². The zero-order valence-electron chi connectivity index (χ0n) is 18.9. The van der Waals surface area contributed by atoms with E-state index in [0.29, 0.717) is 23.6 Å². The number of carbonyl (C=O) groups excluding carboxylic acids is 2. The van der Waals surface area contributed by atoms with Gasteiger partial charge >= 0.3 is 5.79 Å². The summed E-state index contributed by atoms with van der Waals surface area (Å²) in [5, 5.41) is 32.5. The van der Waals surface area contributed by atoms with Gasteiger partial charge in [0.05, 0.1) is 6.10 Å². The summed E-state index contributed by atoms with van der Waals surface area (Å²) < 4.78 is 10.9. The van der Waals surface area contributed by atoms with Crippen molar-refractivity contribution in [2.75, 3.05) is 19.8 Å². The number of Topliss-reactive ketones (excluding diaryl/α,β-unsaturated/α-hetero) is 2. The second kappa shape index (κ2) is 13.6. The van der Waals surface area contributed by atoms with Gasteiger partial charge in [-0.15, -0.1) is 0 Å². The molecule has 2 aromatic carbocycles. The molecule has 0 aliphatic carbocycles. The van der Waals surface area contributed by atoms with Gasteiger partial charge in [0, 0.05) is 76.7 Å². The Bertz CT molecular complexity index is 960. The number of ether oxygens (including phenoxy) is 2. The van der Waals surface area contributed by atoms with Gasteiger partial charge in [0.1, 0.15) is 13.2 Å². The van der Waals surface area contributed by atoms with Crippen LogP contribution in [0.25, 0.3) is 0 Å². The second-order valence-electron chi connectivity index (χ2n) is 7.35. The maximum Gasteiger partial charge on any atom is 0.378 e. The minimum Gasteiger partial charge on any atom is -0.436 e. The molecular weight excluding hydrogens is 472 g/mol.